The predicted molar refractivity (Wildman–Crippen MR) is 50.3 cm³/mol. The van der Waals surface area contributed by atoms with Crippen LogP contribution in [-0.4, -0.2) is 22.4 Å². The van der Waals surface area contributed by atoms with Crippen molar-refractivity contribution in [1.82, 2.24) is 0 Å². The lowest BCUT2D eigenvalue weighted by molar-refractivity contribution is -0.129. The third-order valence-corrected chi connectivity index (χ3v) is 2.50. The van der Waals surface area contributed by atoms with Gasteiger partial charge in [0.05, 0.1) is 5.38 Å². The lowest BCUT2D eigenvalue weighted by atomic mass is 9.96. The van der Waals surface area contributed by atoms with Gasteiger partial charge < -0.3 is 5.11 Å². The Labute approximate surface area is 78.9 Å². The molecule has 0 saturated heterocycles. The number of hydrogen-bond acceptors (Lipinski definition) is 2. The van der Waals surface area contributed by atoms with Crippen molar-refractivity contribution in [3.8, 4) is 0 Å². The van der Waals surface area contributed by atoms with Crippen LogP contribution in [0, 0.1) is 11.8 Å². The first-order chi connectivity index (χ1) is 5.37. The summed E-state index contributed by atoms with van der Waals surface area (Å²) in [6, 6.07) is 0. The summed E-state index contributed by atoms with van der Waals surface area (Å²) in [5.74, 6) is -0.244. The van der Waals surface area contributed by atoms with Crippen LogP contribution < -0.4 is 0 Å². The molecule has 2 unspecified atom stereocenters. The summed E-state index contributed by atoms with van der Waals surface area (Å²) in [6.45, 7) is 7.32. The normalized spacial score (nSPS) is 16.7. The Hall–Kier alpha value is -0.0800. The molecule has 0 aromatic rings. The molecule has 0 aliphatic heterocycles. The zero-order chi connectivity index (χ0) is 9.89. The lowest BCUT2D eigenvalue weighted by Crippen LogP contribution is -2.35. The second-order valence-electron chi connectivity index (χ2n) is 3.74. The molecule has 0 aromatic heterocycles. The molecule has 3 heteroatoms. The van der Waals surface area contributed by atoms with E-state index in [0.29, 0.717) is 0 Å². The van der Waals surface area contributed by atoms with E-state index >= 15 is 0 Å². The zero-order valence-corrected chi connectivity index (χ0v) is 8.80. The number of carbonyl (C=O) groups is 1. The Bertz CT molecular complexity index is 139. The van der Waals surface area contributed by atoms with Crippen LogP contribution in [0.3, 0.4) is 0 Å². The summed E-state index contributed by atoms with van der Waals surface area (Å²) in [5, 5.41) is 8.81. The number of halogens is 1. The average molecular weight is 193 g/mol. The van der Waals surface area contributed by atoms with Crippen LogP contribution in [0.1, 0.15) is 27.7 Å². The van der Waals surface area contributed by atoms with E-state index in [1.54, 1.807) is 13.8 Å². The van der Waals surface area contributed by atoms with Crippen molar-refractivity contribution in [2.24, 2.45) is 11.8 Å². The van der Waals surface area contributed by atoms with Crippen LogP contribution in [-0.2, 0) is 4.79 Å². The molecule has 0 spiro atoms. The van der Waals surface area contributed by atoms with Gasteiger partial charge in [-0.25, -0.2) is 0 Å². The number of ketones is 1. The highest BCUT2D eigenvalue weighted by Crippen LogP contribution is 2.15. The molecule has 2 atom stereocenters. The first-order valence-electron chi connectivity index (χ1n) is 4.23. The molecule has 0 fully saturated rings. The van der Waals surface area contributed by atoms with E-state index in [4.69, 9.17) is 11.6 Å². The minimum Gasteiger partial charge on any atom is -0.385 e. The molecule has 0 rings (SSSR count). The number of carbonyl (C=O) groups excluding carboxylic acids is 1. The molecule has 0 bridgehead atoms. The Balaban J connectivity index is 4.19. The highest BCUT2D eigenvalue weighted by Gasteiger charge is 2.27. The first-order valence-corrected chi connectivity index (χ1v) is 4.67. The number of aliphatic hydroxyl groups is 1. The third-order valence-electron chi connectivity index (χ3n) is 1.78. The van der Waals surface area contributed by atoms with Gasteiger partial charge in [-0.15, -0.1) is 11.6 Å². The number of aliphatic hydroxyl groups excluding tert-OH is 1. The second kappa shape index (κ2) is 4.83. The van der Waals surface area contributed by atoms with Crippen molar-refractivity contribution in [2.45, 2.75) is 39.2 Å². The quantitative estimate of drug-likeness (QED) is 0.691. The third kappa shape index (κ3) is 3.11. The Kier molecular flexibility index (Phi) is 4.80. The van der Waals surface area contributed by atoms with Crippen molar-refractivity contribution in [3.63, 3.8) is 0 Å². The molecule has 0 radical (unpaired) electrons. The monoisotopic (exact) mass is 192 g/mol. The smallest absolute Gasteiger partial charge is 0.179 e. The van der Waals surface area contributed by atoms with Crippen LogP contribution in [0.5, 0.6) is 0 Å². The molecule has 0 aliphatic carbocycles. The van der Waals surface area contributed by atoms with E-state index < -0.39 is 11.5 Å². The fourth-order valence-corrected chi connectivity index (χ4v) is 0.949. The molecule has 72 valence electrons. The SMILES string of the molecule is CC(C)C(O)C(=O)C(Cl)C(C)C. The van der Waals surface area contributed by atoms with Gasteiger partial charge in [-0.3, -0.25) is 4.79 Å². The van der Waals surface area contributed by atoms with Gasteiger partial charge in [-0.2, -0.15) is 0 Å². The lowest BCUT2D eigenvalue weighted by Gasteiger charge is -2.18. The maximum atomic E-state index is 11.3. The summed E-state index contributed by atoms with van der Waals surface area (Å²) in [7, 11) is 0. The topological polar surface area (TPSA) is 37.3 Å². The molecule has 0 amide bonds. The van der Waals surface area contributed by atoms with Gasteiger partial charge >= 0.3 is 0 Å². The van der Waals surface area contributed by atoms with Gasteiger partial charge in [0.15, 0.2) is 5.78 Å². The largest absolute Gasteiger partial charge is 0.385 e. The predicted octanol–water partition coefficient (Wildman–Crippen LogP) is 1.84. The van der Waals surface area contributed by atoms with Gasteiger partial charge in [0.2, 0.25) is 0 Å². The fraction of sp³-hybridized carbons (Fsp3) is 0.889. The van der Waals surface area contributed by atoms with Gasteiger partial charge in [-0.05, 0) is 11.8 Å². The van der Waals surface area contributed by atoms with Crippen LogP contribution in [0.15, 0.2) is 0 Å². The maximum Gasteiger partial charge on any atom is 0.179 e. The summed E-state index contributed by atoms with van der Waals surface area (Å²) in [4.78, 5) is 11.3. The zero-order valence-electron chi connectivity index (χ0n) is 8.04. The van der Waals surface area contributed by atoms with Crippen LogP contribution in [0.2, 0.25) is 0 Å². The van der Waals surface area contributed by atoms with Crippen LogP contribution >= 0.6 is 11.6 Å². The molecular weight excluding hydrogens is 176 g/mol. The Morgan fingerprint density at radius 3 is 1.83 bits per heavy atom. The molecule has 0 saturated carbocycles. The Morgan fingerprint density at radius 2 is 1.58 bits per heavy atom. The van der Waals surface area contributed by atoms with E-state index in [1.807, 2.05) is 13.8 Å². The number of alkyl halides is 1. The summed E-state index contributed by atoms with van der Waals surface area (Å²) < 4.78 is 0. The van der Waals surface area contributed by atoms with Crippen molar-refractivity contribution in [3.05, 3.63) is 0 Å². The minimum atomic E-state index is -0.921. The molecule has 0 aromatic carbocycles. The van der Waals surface area contributed by atoms with Gasteiger partial charge in [0.1, 0.15) is 6.10 Å². The van der Waals surface area contributed by atoms with Gasteiger partial charge in [-0.1, -0.05) is 27.7 Å². The first kappa shape index (κ1) is 11.9. The number of Topliss-reactive ketones (excluding diaryl/α,β-unsaturated/α-hetero) is 1. The molecule has 0 heterocycles. The Morgan fingerprint density at radius 1 is 1.17 bits per heavy atom. The number of rotatable bonds is 4. The average Bonchev–Trinajstić information content (AvgIpc) is 2.00. The van der Waals surface area contributed by atoms with E-state index in [0.717, 1.165) is 0 Å². The van der Waals surface area contributed by atoms with Crippen molar-refractivity contribution in [1.29, 1.82) is 0 Å². The molecule has 1 N–H and O–H groups in total. The maximum absolute atomic E-state index is 11.3. The molecule has 0 aliphatic rings. The second-order valence-corrected chi connectivity index (χ2v) is 4.21. The van der Waals surface area contributed by atoms with Crippen LogP contribution in [0.25, 0.3) is 0 Å². The fourth-order valence-electron chi connectivity index (χ4n) is 0.820. The summed E-state index contributed by atoms with van der Waals surface area (Å²) in [6.07, 6.45) is -0.921. The molecule has 2 nitrogen and oxygen atoms in total. The highest BCUT2D eigenvalue weighted by atomic mass is 35.5. The van der Waals surface area contributed by atoms with E-state index in [-0.39, 0.29) is 17.6 Å². The standard InChI is InChI=1S/C9H17ClO2/c1-5(2)7(10)9(12)8(11)6(3)4/h5-8,11H,1-4H3. The molecule has 12 heavy (non-hydrogen) atoms. The van der Waals surface area contributed by atoms with Crippen molar-refractivity contribution < 1.29 is 9.90 Å². The van der Waals surface area contributed by atoms with Crippen molar-refractivity contribution in [2.75, 3.05) is 0 Å². The minimum absolute atomic E-state index is 0.0579. The van der Waals surface area contributed by atoms with E-state index in [1.165, 1.54) is 0 Å². The number of hydrogen-bond donors (Lipinski definition) is 1. The molecular formula is C9H17ClO2. The summed E-state index contributed by atoms with van der Waals surface area (Å²) >= 11 is 5.80. The van der Waals surface area contributed by atoms with Crippen LogP contribution in [0.4, 0.5) is 0 Å². The van der Waals surface area contributed by atoms with Gasteiger partial charge in [0, 0.05) is 0 Å². The van der Waals surface area contributed by atoms with Crippen molar-refractivity contribution >= 4 is 17.4 Å². The van der Waals surface area contributed by atoms with Gasteiger partial charge in [0.25, 0.3) is 0 Å². The summed E-state index contributed by atoms with van der Waals surface area (Å²) in [5.41, 5.74) is 0. The van der Waals surface area contributed by atoms with E-state index in [9.17, 15) is 9.90 Å². The van der Waals surface area contributed by atoms with E-state index in [2.05, 4.69) is 0 Å². The highest BCUT2D eigenvalue weighted by molar-refractivity contribution is 6.31.